The largest absolute Gasteiger partial charge is 0.354 e. The molecule has 1 aliphatic rings. The third-order valence-corrected chi connectivity index (χ3v) is 5.61. The quantitative estimate of drug-likeness (QED) is 0.443. The Balaban J connectivity index is 1.46. The molecule has 1 saturated carbocycles. The Morgan fingerprint density at radius 1 is 1.00 bits per heavy atom. The first-order valence-electron chi connectivity index (χ1n) is 11.2. The second kappa shape index (κ2) is 9.17. The molecule has 0 spiro atoms. The fourth-order valence-electron chi connectivity index (χ4n) is 3.58. The lowest BCUT2D eigenvalue weighted by molar-refractivity contribution is 0.636. The van der Waals surface area contributed by atoms with E-state index in [9.17, 15) is 5.26 Å². The summed E-state index contributed by atoms with van der Waals surface area (Å²) in [5.41, 5.74) is 5.53. The lowest BCUT2D eigenvalue weighted by Crippen LogP contribution is -2.08. The SMILES string of the molecule is CCc1cccc(Cn2cc(-c3cc(-c4cccc(C#N)c4)nc(NCC4CC4)n3)nn2)n1. The first-order valence-corrected chi connectivity index (χ1v) is 11.2. The first-order chi connectivity index (χ1) is 16.2. The van der Waals surface area contributed by atoms with Crippen LogP contribution in [-0.2, 0) is 13.0 Å². The van der Waals surface area contributed by atoms with Crippen LogP contribution in [-0.4, -0.2) is 36.5 Å². The number of anilines is 1. The Bertz CT molecular complexity index is 1320. The lowest BCUT2D eigenvalue weighted by atomic mass is 10.1. The minimum Gasteiger partial charge on any atom is -0.354 e. The Hall–Kier alpha value is -4.12. The van der Waals surface area contributed by atoms with E-state index in [4.69, 9.17) is 9.97 Å². The molecule has 164 valence electrons. The number of nitrogens with zero attached hydrogens (tertiary/aromatic N) is 7. The second-order valence-electron chi connectivity index (χ2n) is 8.25. The second-order valence-corrected chi connectivity index (χ2v) is 8.25. The van der Waals surface area contributed by atoms with Crippen molar-refractivity contribution in [1.82, 2.24) is 29.9 Å². The zero-order valence-corrected chi connectivity index (χ0v) is 18.4. The van der Waals surface area contributed by atoms with Crippen molar-refractivity contribution < 1.29 is 0 Å². The highest BCUT2D eigenvalue weighted by atomic mass is 15.4. The van der Waals surface area contributed by atoms with Crippen molar-refractivity contribution in [3.05, 3.63) is 71.7 Å². The van der Waals surface area contributed by atoms with Crippen LogP contribution in [0.25, 0.3) is 22.6 Å². The van der Waals surface area contributed by atoms with Crippen molar-refractivity contribution in [2.24, 2.45) is 5.92 Å². The standard InChI is InChI=1S/C25H24N8/c1-2-20-7-4-8-21(28-20)15-33-16-24(31-32-33)23-12-22(19-6-3-5-18(11-19)13-26)29-25(30-23)27-14-17-9-10-17/h3-8,11-12,16-17H,2,9-10,14-15H2,1H3,(H,27,29,30). The number of hydrogen-bond donors (Lipinski definition) is 1. The molecule has 5 rings (SSSR count). The van der Waals surface area contributed by atoms with E-state index in [1.807, 2.05) is 48.7 Å². The summed E-state index contributed by atoms with van der Waals surface area (Å²) in [7, 11) is 0. The summed E-state index contributed by atoms with van der Waals surface area (Å²) in [5, 5.41) is 21.3. The third-order valence-electron chi connectivity index (χ3n) is 5.61. The molecule has 1 fully saturated rings. The van der Waals surface area contributed by atoms with Crippen LogP contribution < -0.4 is 5.32 Å². The Morgan fingerprint density at radius 3 is 2.64 bits per heavy atom. The number of aromatic nitrogens is 6. The highest BCUT2D eigenvalue weighted by Crippen LogP contribution is 2.29. The van der Waals surface area contributed by atoms with Gasteiger partial charge in [0.15, 0.2) is 0 Å². The summed E-state index contributed by atoms with van der Waals surface area (Å²) in [6.45, 7) is 3.48. The summed E-state index contributed by atoms with van der Waals surface area (Å²) >= 11 is 0. The molecular weight excluding hydrogens is 412 g/mol. The van der Waals surface area contributed by atoms with Crippen molar-refractivity contribution in [3.8, 4) is 28.7 Å². The van der Waals surface area contributed by atoms with Crippen LogP contribution >= 0.6 is 0 Å². The van der Waals surface area contributed by atoms with E-state index >= 15 is 0 Å². The van der Waals surface area contributed by atoms with E-state index in [1.54, 1.807) is 10.7 Å². The van der Waals surface area contributed by atoms with Crippen LogP contribution in [0, 0.1) is 17.2 Å². The molecule has 8 heteroatoms. The molecule has 8 nitrogen and oxygen atoms in total. The van der Waals surface area contributed by atoms with Gasteiger partial charge in [-0.05, 0) is 55.5 Å². The van der Waals surface area contributed by atoms with Gasteiger partial charge in [0.05, 0.1) is 41.5 Å². The van der Waals surface area contributed by atoms with E-state index < -0.39 is 0 Å². The van der Waals surface area contributed by atoms with Crippen LogP contribution in [0.1, 0.15) is 36.7 Å². The number of rotatable bonds is 8. The molecule has 1 aliphatic carbocycles. The van der Waals surface area contributed by atoms with Crippen molar-refractivity contribution in [2.75, 3.05) is 11.9 Å². The number of benzene rings is 1. The van der Waals surface area contributed by atoms with Crippen LogP contribution in [0.4, 0.5) is 5.95 Å². The summed E-state index contributed by atoms with van der Waals surface area (Å²) < 4.78 is 1.77. The maximum absolute atomic E-state index is 9.28. The fraction of sp³-hybridized carbons (Fsp3) is 0.280. The molecule has 33 heavy (non-hydrogen) atoms. The van der Waals surface area contributed by atoms with E-state index in [-0.39, 0.29) is 0 Å². The minimum absolute atomic E-state index is 0.537. The molecule has 3 heterocycles. The van der Waals surface area contributed by atoms with Crippen LogP contribution in [0.15, 0.2) is 54.7 Å². The molecule has 1 aromatic carbocycles. The maximum atomic E-state index is 9.28. The van der Waals surface area contributed by atoms with Crippen molar-refractivity contribution in [1.29, 1.82) is 5.26 Å². The molecule has 0 bridgehead atoms. The predicted molar refractivity (Wildman–Crippen MR) is 125 cm³/mol. The highest BCUT2D eigenvalue weighted by Gasteiger charge is 2.21. The summed E-state index contributed by atoms with van der Waals surface area (Å²) in [6.07, 6.45) is 5.25. The van der Waals surface area contributed by atoms with Gasteiger partial charge < -0.3 is 5.32 Å². The molecule has 1 N–H and O–H groups in total. The molecule has 3 aromatic heterocycles. The normalized spacial score (nSPS) is 13.0. The zero-order chi connectivity index (χ0) is 22.6. The van der Waals surface area contributed by atoms with E-state index in [0.29, 0.717) is 35.4 Å². The van der Waals surface area contributed by atoms with Gasteiger partial charge in [-0.15, -0.1) is 5.10 Å². The molecule has 0 amide bonds. The predicted octanol–water partition coefficient (Wildman–Crippen LogP) is 4.10. The number of aryl methyl sites for hydroxylation is 1. The van der Waals surface area contributed by atoms with Gasteiger partial charge in [-0.2, -0.15) is 5.26 Å². The molecule has 0 atom stereocenters. The maximum Gasteiger partial charge on any atom is 0.223 e. The van der Waals surface area contributed by atoms with E-state index in [1.165, 1.54) is 12.8 Å². The van der Waals surface area contributed by atoms with Gasteiger partial charge in [-0.1, -0.05) is 30.3 Å². The van der Waals surface area contributed by atoms with Crippen molar-refractivity contribution >= 4 is 5.95 Å². The monoisotopic (exact) mass is 436 g/mol. The molecule has 0 aliphatic heterocycles. The molecule has 4 aromatic rings. The number of nitriles is 1. The van der Waals surface area contributed by atoms with Gasteiger partial charge in [0.2, 0.25) is 5.95 Å². The summed E-state index contributed by atoms with van der Waals surface area (Å²) in [4.78, 5) is 14.1. The van der Waals surface area contributed by atoms with Crippen molar-refractivity contribution in [3.63, 3.8) is 0 Å². The fourth-order valence-corrected chi connectivity index (χ4v) is 3.58. The van der Waals surface area contributed by atoms with Crippen LogP contribution in [0.3, 0.4) is 0 Å². The van der Waals surface area contributed by atoms with Crippen molar-refractivity contribution in [2.45, 2.75) is 32.7 Å². The van der Waals surface area contributed by atoms with E-state index in [2.05, 4.69) is 33.6 Å². The minimum atomic E-state index is 0.537. The van der Waals surface area contributed by atoms with Gasteiger partial charge >= 0.3 is 0 Å². The molecule has 0 unspecified atom stereocenters. The number of nitrogens with one attached hydrogen (secondary N) is 1. The highest BCUT2D eigenvalue weighted by molar-refractivity contribution is 5.68. The van der Waals surface area contributed by atoms with Crippen LogP contribution in [0.2, 0.25) is 0 Å². The first kappa shape index (κ1) is 20.8. The van der Waals surface area contributed by atoms with E-state index in [0.717, 1.165) is 35.6 Å². The molecule has 0 saturated heterocycles. The Kier molecular flexibility index (Phi) is 5.77. The smallest absolute Gasteiger partial charge is 0.223 e. The average Bonchev–Trinajstić information content (AvgIpc) is 3.59. The zero-order valence-electron chi connectivity index (χ0n) is 18.4. The Labute approximate surface area is 192 Å². The third kappa shape index (κ3) is 5.04. The molecule has 0 radical (unpaired) electrons. The number of hydrogen-bond acceptors (Lipinski definition) is 7. The number of pyridine rings is 1. The topological polar surface area (TPSA) is 105 Å². The van der Waals surface area contributed by atoms with Gasteiger partial charge in [-0.25, -0.2) is 14.6 Å². The Morgan fingerprint density at radius 2 is 1.82 bits per heavy atom. The van der Waals surface area contributed by atoms with Gasteiger partial charge in [0.1, 0.15) is 5.69 Å². The van der Waals surface area contributed by atoms with Gasteiger partial charge in [-0.3, -0.25) is 4.98 Å². The van der Waals surface area contributed by atoms with Crippen LogP contribution in [0.5, 0.6) is 0 Å². The average molecular weight is 437 g/mol. The summed E-state index contributed by atoms with van der Waals surface area (Å²) in [5.74, 6) is 1.25. The summed E-state index contributed by atoms with van der Waals surface area (Å²) in [6, 6.07) is 17.5. The van der Waals surface area contributed by atoms with Gasteiger partial charge in [0, 0.05) is 17.8 Å². The van der Waals surface area contributed by atoms with Gasteiger partial charge in [0.25, 0.3) is 0 Å². The molecular formula is C25H24N8. The lowest BCUT2D eigenvalue weighted by Gasteiger charge is -2.09.